The maximum Gasteiger partial charge on any atom is 0.0544 e. The summed E-state index contributed by atoms with van der Waals surface area (Å²) >= 11 is 3.47. The molecule has 3 nitrogen and oxygen atoms in total. The molecule has 1 N–H and O–H groups in total. The molecule has 1 saturated carbocycles. The van der Waals surface area contributed by atoms with Crippen LogP contribution in [0.25, 0.3) is 0 Å². The van der Waals surface area contributed by atoms with Crippen molar-refractivity contribution in [2.45, 2.75) is 57.7 Å². The fourth-order valence-corrected chi connectivity index (χ4v) is 4.11. The number of nitrogens with zero attached hydrogens (tertiary/aromatic N) is 2. The van der Waals surface area contributed by atoms with Crippen molar-refractivity contribution in [2.75, 3.05) is 13.1 Å². The Hall–Kier alpha value is -0.450. The molecule has 0 spiro atoms. The van der Waals surface area contributed by atoms with E-state index in [-0.39, 0.29) is 0 Å². The summed E-state index contributed by atoms with van der Waals surface area (Å²) in [6.45, 7) is 5.56. The van der Waals surface area contributed by atoms with Crippen molar-refractivity contribution in [1.29, 1.82) is 0 Å². The fraction of sp³-hybridized carbons (Fsp3) is 0.706. The molecule has 1 aliphatic heterocycles. The normalized spacial score (nSPS) is 28.7. The van der Waals surface area contributed by atoms with Gasteiger partial charge in [0.2, 0.25) is 0 Å². The third-order valence-electron chi connectivity index (χ3n) is 5.00. The van der Waals surface area contributed by atoms with Gasteiger partial charge in [-0.1, -0.05) is 19.3 Å². The Morgan fingerprint density at radius 1 is 1.29 bits per heavy atom. The Morgan fingerprint density at radius 2 is 2.10 bits per heavy atom. The Morgan fingerprint density at radius 3 is 2.81 bits per heavy atom. The van der Waals surface area contributed by atoms with Crippen LogP contribution in [0, 0.1) is 5.92 Å². The average molecular weight is 352 g/mol. The molecular weight excluding hydrogens is 326 g/mol. The van der Waals surface area contributed by atoms with Crippen molar-refractivity contribution < 1.29 is 0 Å². The number of hydrogen-bond acceptors (Lipinski definition) is 3. The minimum Gasteiger partial charge on any atom is -0.311 e. The van der Waals surface area contributed by atoms with E-state index in [1.165, 1.54) is 37.8 Å². The zero-order valence-electron chi connectivity index (χ0n) is 12.9. The monoisotopic (exact) mass is 351 g/mol. The molecule has 2 atom stereocenters. The summed E-state index contributed by atoms with van der Waals surface area (Å²) in [6.07, 6.45) is 9.00. The lowest BCUT2D eigenvalue weighted by Crippen LogP contribution is -2.57. The molecule has 4 heteroatoms. The summed E-state index contributed by atoms with van der Waals surface area (Å²) in [7, 11) is 0. The Labute approximate surface area is 136 Å². The van der Waals surface area contributed by atoms with E-state index in [1.54, 1.807) is 0 Å². The van der Waals surface area contributed by atoms with Crippen LogP contribution in [-0.2, 0) is 6.54 Å². The van der Waals surface area contributed by atoms with Crippen LogP contribution < -0.4 is 5.32 Å². The number of piperazine rings is 1. The molecule has 0 radical (unpaired) electrons. The minimum atomic E-state index is 0.584. The van der Waals surface area contributed by atoms with Gasteiger partial charge in [0, 0.05) is 42.4 Å². The zero-order chi connectivity index (χ0) is 14.7. The highest BCUT2D eigenvalue weighted by atomic mass is 79.9. The largest absolute Gasteiger partial charge is 0.311 e. The first-order valence-corrected chi connectivity index (χ1v) is 9.09. The number of halogens is 1. The molecule has 116 valence electrons. The van der Waals surface area contributed by atoms with Gasteiger partial charge in [-0.05, 0) is 53.7 Å². The highest BCUT2D eigenvalue weighted by Gasteiger charge is 2.32. The molecule has 2 aliphatic rings. The third kappa shape index (κ3) is 4.05. The highest BCUT2D eigenvalue weighted by molar-refractivity contribution is 9.10. The van der Waals surface area contributed by atoms with Gasteiger partial charge in [0.1, 0.15) is 0 Å². The van der Waals surface area contributed by atoms with E-state index in [9.17, 15) is 0 Å². The van der Waals surface area contributed by atoms with Crippen LogP contribution in [0.1, 0.15) is 44.7 Å². The van der Waals surface area contributed by atoms with E-state index >= 15 is 0 Å². The molecule has 0 bridgehead atoms. The maximum absolute atomic E-state index is 4.57. The molecule has 0 amide bonds. The molecule has 2 fully saturated rings. The lowest BCUT2D eigenvalue weighted by molar-refractivity contribution is 0.0678. The molecule has 1 aliphatic carbocycles. The van der Waals surface area contributed by atoms with Gasteiger partial charge >= 0.3 is 0 Å². The highest BCUT2D eigenvalue weighted by Crippen LogP contribution is 2.30. The number of rotatable bonds is 3. The molecule has 2 unspecified atom stereocenters. The predicted molar refractivity (Wildman–Crippen MR) is 90.2 cm³/mol. The smallest absolute Gasteiger partial charge is 0.0544 e. The van der Waals surface area contributed by atoms with Gasteiger partial charge in [-0.3, -0.25) is 9.88 Å². The number of hydrogen-bond donors (Lipinski definition) is 1. The topological polar surface area (TPSA) is 28.2 Å². The first-order chi connectivity index (χ1) is 10.2. The van der Waals surface area contributed by atoms with Gasteiger partial charge in [0.15, 0.2) is 0 Å². The van der Waals surface area contributed by atoms with E-state index in [1.807, 2.05) is 6.20 Å². The summed E-state index contributed by atoms with van der Waals surface area (Å²) in [5.41, 5.74) is 1.19. The van der Waals surface area contributed by atoms with E-state index in [0.717, 1.165) is 30.0 Å². The first kappa shape index (κ1) is 15.4. The van der Waals surface area contributed by atoms with Gasteiger partial charge in [-0.2, -0.15) is 0 Å². The van der Waals surface area contributed by atoms with Crippen molar-refractivity contribution in [1.82, 2.24) is 15.2 Å². The van der Waals surface area contributed by atoms with E-state index < -0.39 is 0 Å². The number of pyridine rings is 1. The predicted octanol–water partition coefficient (Wildman–Crippen LogP) is 3.59. The molecule has 1 aromatic heterocycles. The van der Waals surface area contributed by atoms with Crippen LogP contribution in [0.3, 0.4) is 0 Å². The second-order valence-corrected chi connectivity index (χ2v) is 7.59. The van der Waals surface area contributed by atoms with Crippen molar-refractivity contribution in [3.05, 3.63) is 28.5 Å². The molecule has 1 saturated heterocycles. The van der Waals surface area contributed by atoms with Crippen molar-refractivity contribution >= 4 is 15.9 Å². The summed E-state index contributed by atoms with van der Waals surface area (Å²) in [6, 6.07) is 5.52. The van der Waals surface area contributed by atoms with E-state index in [4.69, 9.17) is 0 Å². The van der Waals surface area contributed by atoms with Gasteiger partial charge in [-0.15, -0.1) is 0 Å². The van der Waals surface area contributed by atoms with Gasteiger partial charge in [-0.25, -0.2) is 0 Å². The van der Waals surface area contributed by atoms with Crippen LogP contribution in [0.5, 0.6) is 0 Å². The number of aromatic nitrogens is 1. The third-order valence-corrected chi connectivity index (χ3v) is 5.47. The summed E-state index contributed by atoms with van der Waals surface area (Å²) in [4.78, 5) is 7.24. The Bertz CT molecular complexity index is 442. The standard InChI is InChI=1S/C17H26BrN3/c1-13-11-21(12-16-8-7-15(18)9-20-16)17(10-19-13)14-5-3-2-4-6-14/h7-9,13-14,17,19H,2-6,10-12H2,1H3. The molecule has 1 aromatic rings. The summed E-state index contributed by atoms with van der Waals surface area (Å²) in [5.74, 6) is 0.870. The van der Waals surface area contributed by atoms with Gasteiger partial charge in [0.25, 0.3) is 0 Å². The Balaban J connectivity index is 1.69. The minimum absolute atomic E-state index is 0.584. The van der Waals surface area contributed by atoms with Crippen LogP contribution in [0.15, 0.2) is 22.8 Å². The molecule has 3 rings (SSSR count). The molecule has 2 heterocycles. The van der Waals surface area contributed by atoms with Crippen LogP contribution in [-0.4, -0.2) is 35.1 Å². The van der Waals surface area contributed by atoms with Crippen LogP contribution >= 0.6 is 15.9 Å². The van der Waals surface area contributed by atoms with Crippen molar-refractivity contribution in [3.8, 4) is 0 Å². The summed E-state index contributed by atoms with van der Waals surface area (Å²) in [5, 5.41) is 3.68. The lowest BCUT2D eigenvalue weighted by atomic mass is 9.82. The Kier molecular flexibility index (Phi) is 5.30. The summed E-state index contributed by atoms with van der Waals surface area (Å²) < 4.78 is 1.06. The van der Waals surface area contributed by atoms with Crippen molar-refractivity contribution in [2.24, 2.45) is 5.92 Å². The van der Waals surface area contributed by atoms with E-state index in [0.29, 0.717) is 12.1 Å². The van der Waals surface area contributed by atoms with Gasteiger partial charge < -0.3 is 5.32 Å². The first-order valence-electron chi connectivity index (χ1n) is 8.30. The zero-order valence-corrected chi connectivity index (χ0v) is 14.5. The lowest BCUT2D eigenvalue weighted by Gasteiger charge is -2.44. The maximum atomic E-state index is 4.57. The SMILES string of the molecule is CC1CN(Cc2ccc(Br)cn2)C(C2CCCCC2)CN1. The quantitative estimate of drug-likeness (QED) is 0.901. The second-order valence-electron chi connectivity index (χ2n) is 6.67. The fourth-order valence-electron chi connectivity index (χ4n) is 3.88. The van der Waals surface area contributed by atoms with Crippen LogP contribution in [0.4, 0.5) is 0 Å². The second kappa shape index (κ2) is 7.21. The van der Waals surface area contributed by atoms with Gasteiger partial charge in [0.05, 0.1) is 5.69 Å². The molecular formula is C17H26BrN3. The molecule has 0 aromatic carbocycles. The van der Waals surface area contributed by atoms with Crippen LogP contribution in [0.2, 0.25) is 0 Å². The van der Waals surface area contributed by atoms with E-state index in [2.05, 4.69) is 50.2 Å². The van der Waals surface area contributed by atoms with Crippen molar-refractivity contribution in [3.63, 3.8) is 0 Å². The molecule has 21 heavy (non-hydrogen) atoms. The average Bonchev–Trinajstić information content (AvgIpc) is 2.51. The number of nitrogens with one attached hydrogen (secondary N) is 1.